The van der Waals surface area contributed by atoms with E-state index in [1.54, 1.807) is 25.1 Å². The molecule has 1 aromatic heterocycles. The van der Waals surface area contributed by atoms with Gasteiger partial charge in [0.2, 0.25) is 0 Å². The van der Waals surface area contributed by atoms with Crippen molar-refractivity contribution in [2.75, 3.05) is 6.54 Å². The van der Waals surface area contributed by atoms with Gasteiger partial charge in [0.25, 0.3) is 5.91 Å². The Labute approximate surface area is 149 Å². The Bertz CT molecular complexity index is 955. The van der Waals surface area contributed by atoms with E-state index >= 15 is 0 Å². The van der Waals surface area contributed by atoms with E-state index in [2.05, 4.69) is 11.9 Å². The van der Waals surface area contributed by atoms with Crippen LogP contribution in [0.25, 0.3) is 17.4 Å². The highest BCUT2D eigenvalue weighted by Gasteiger charge is 2.32. The van der Waals surface area contributed by atoms with E-state index in [9.17, 15) is 19.5 Å². The molecule has 1 fully saturated rings. The summed E-state index contributed by atoms with van der Waals surface area (Å²) >= 11 is 0. The lowest BCUT2D eigenvalue weighted by Crippen LogP contribution is -2.30. The molecule has 26 heavy (non-hydrogen) atoms. The van der Waals surface area contributed by atoms with Gasteiger partial charge in [0.05, 0.1) is 5.97 Å². The molecule has 2 heterocycles. The van der Waals surface area contributed by atoms with Gasteiger partial charge in [-0.3, -0.25) is 9.69 Å². The minimum atomic E-state index is -1.25. The van der Waals surface area contributed by atoms with Gasteiger partial charge >= 0.3 is 6.03 Å². The molecule has 0 spiro atoms. The van der Waals surface area contributed by atoms with Gasteiger partial charge in [0, 0.05) is 18.2 Å². The fraction of sp³-hybridized carbons (Fsp3) is 0.105. The van der Waals surface area contributed by atoms with E-state index in [1.807, 2.05) is 0 Å². The molecular formula is C19H15N2O5-. The zero-order chi connectivity index (χ0) is 18.8. The fourth-order valence-corrected chi connectivity index (χ4v) is 2.65. The number of hydrogen-bond donors (Lipinski definition) is 1. The molecule has 2 aromatic rings. The average molecular weight is 351 g/mol. The highest BCUT2D eigenvalue weighted by molar-refractivity contribution is 6.13. The van der Waals surface area contributed by atoms with Gasteiger partial charge in [0.15, 0.2) is 0 Å². The summed E-state index contributed by atoms with van der Waals surface area (Å²) in [7, 11) is 0. The molecular weight excluding hydrogens is 336 g/mol. The van der Waals surface area contributed by atoms with Crippen LogP contribution in [0.2, 0.25) is 0 Å². The second-order valence-electron chi connectivity index (χ2n) is 5.71. The number of carbonyl (C=O) groups excluding carboxylic acids is 3. The first-order chi connectivity index (χ1) is 12.4. The van der Waals surface area contributed by atoms with Crippen molar-refractivity contribution < 1.29 is 23.9 Å². The number of rotatable bonds is 5. The molecule has 7 heteroatoms. The number of nitrogens with one attached hydrogen (secondary N) is 1. The van der Waals surface area contributed by atoms with Crippen LogP contribution in [-0.4, -0.2) is 29.4 Å². The smallest absolute Gasteiger partial charge is 0.329 e. The molecule has 7 nitrogen and oxygen atoms in total. The van der Waals surface area contributed by atoms with Crippen LogP contribution in [0.3, 0.4) is 0 Å². The summed E-state index contributed by atoms with van der Waals surface area (Å²) in [5, 5.41) is 13.4. The molecule has 1 aromatic carbocycles. The molecule has 0 aliphatic carbocycles. The van der Waals surface area contributed by atoms with E-state index in [4.69, 9.17) is 4.42 Å². The fourth-order valence-electron chi connectivity index (χ4n) is 2.65. The number of carboxylic acids is 1. The summed E-state index contributed by atoms with van der Waals surface area (Å²) in [6, 6.07) is 7.41. The first-order valence-corrected chi connectivity index (χ1v) is 7.78. The lowest BCUT2D eigenvalue weighted by molar-refractivity contribution is -0.255. The lowest BCUT2D eigenvalue weighted by atomic mass is 10.0. The normalized spacial score (nSPS) is 15.4. The van der Waals surface area contributed by atoms with E-state index in [-0.39, 0.29) is 17.8 Å². The average Bonchev–Trinajstić information content (AvgIpc) is 3.15. The third kappa shape index (κ3) is 3.14. The van der Waals surface area contributed by atoms with Crippen molar-refractivity contribution >= 4 is 24.0 Å². The molecule has 0 saturated carbocycles. The number of hydrogen-bond acceptors (Lipinski definition) is 5. The third-order valence-electron chi connectivity index (χ3n) is 3.91. The van der Waals surface area contributed by atoms with Gasteiger partial charge in [-0.2, -0.15) is 0 Å². The van der Waals surface area contributed by atoms with Crippen LogP contribution in [-0.2, 0) is 4.79 Å². The molecule has 1 aliphatic heterocycles. The number of nitrogens with zero attached hydrogens (tertiary/aromatic N) is 1. The van der Waals surface area contributed by atoms with Crippen LogP contribution in [0, 0.1) is 6.92 Å². The lowest BCUT2D eigenvalue weighted by Gasteiger charge is -2.07. The summed E-state index contributed by atoms with van der Waals surface area (Å²) in [6.07, 6.45) is 2.90. The molecule has 1 aliphatic rings. The van der Waals surface area contributed by atoms with Crippen LogP contribution in [0.4, 0.5) is 4.79 Å². The van der Waals surface area contributed by atoms with Crippen molar-refractivity contribution in [1.29, 1.82) is 0 Å². The Balaban J connectivity index is 1.87. The molecule has 132 valence electrons. The van der Waals surface area contributed by atoms with E-state index in [1.165, 1.54) is 24.3 Å². The SMILES string of the molecule is C=CCN1C(=O)N/C(=C/c2ccc(-c3ccc(C(=O)[O-])cc3C)o2)C1=O. The Morgan fingerprint density at radius 2 is 2.08 bits per heavy atom. The van der Waals surface area contributed by atoms with Gasteiger partial charge in [-0.15, -0.1) is 6.58 Å². The van der Waals surface area contributed by atoms with Crippen molar-refractivity contribution in [3.63, 3.8) is 0 Å². The van der Waals surface area contributed by atoms with Crippen LogP contribution < -0.4 is 10.4 Å². The van der Waals surface area contributed by atoms with E-state index in [0.29, 0.717) is 17.1 Å². The number of amides is 3. The number of imide groups is 1. The van der Waals surface area contributed by atoms with Crippen LogP contribution in [0.5, 0.6) is 0 Å². The van der Waals surface area contributed by atoms with Crippen LogP contribution >= 0.6 is 0 Å². The number of carboxylic acid groups (broad SMARTS) is 1. The minimum Gasteiger partial charge on any atom is -0.545 e. The number of carbonyl (C=O) groups is 3. The van der Waals surface area contributed by atoms with Crippen LogP contribution in [0.1, 0.15) is 21.7 Å². The minimum absolute atomic E-state index is 0.0849. The maximum atomic E-state index is 12.2. The molecule has 3 rings (SSSR count). The second-order valence-corrected chi connectivity index (χ2v) is 5.71. The highest BCUT2D eigenvalue weighted by atomic mass is 16.4. The predicted octanol–water partition coefficient (Wildman–Crippen LogP) is 1.70. The number of aryl methyl sites for hydroxylation is 1. The molecule has 1 saturated heterocycles. The molecule has 0 radical (unpaired) electrons. The number of benzene rings is 1. The third-order valence-corrected chi connectivity index (χ3v) is 3.91. The Morgan fingerprint density at radius 3 is 2.73 bits per heavy atom. The first kappa shape index (κ1) is 17.2. The summed E-state index contributed by atoms with van der Waals surface area (Å²) in [6.45, 7) is 5.39. The first-order valence-electron chi connectivity index (χ1n) is 7.78. The molecule has 1 N–H and O–H groups in total. The van der Waals surface area contributed by atoms with E-state index < -0.39 is 17.9 Å². The summed E-state index contributed by atoms with van der Waals surface area (Å²) < 4.78 is 5.71. The number of aromatic carboxylic acids is 1. The van der Waals surface area contributed by atoms with Gasteiger partial charge in [-0.1, -0.05) is 18.2 Å². The maximum Gasteiger partial charge on any atom is 0.329 e. The highest BCUT2D eigenvalue weighted by Crippen LogP contribution is 2.27. The zero-order valence-corrected chi connectivity index (χ0v) is 13.9. The van der Waals surface area contributed by atoms with Crippen LogP contribution in [0.15, 0.2) is 53.1 Å². The number of furan rings is 1. The number of urea groups is 1. The van der Waals surface area contributed by atoms with Crippen molar-refractivity contribution in [2.45, 2.75) is 6.92 Å². The predicted molar refractivity (Wildman–Crippen MR) is 91.6 cm³/mol. The van der Waals surface area contributed by atoms with Crippen molar-refractivity contribution in [2.24, 2.45) is 0 Å². The van der Waals surface area contributed by atoms with Gasteiger partial charge < -0.3 is 19.6 Å². The largest absolute Gasteiger partial charge is 0.545 e. The quantitative estimate of drug-likeness (QED) is 0.502. The summed E-state index contributed by atoms with van der Waals surface area (Å²) in [5.41, 5.74) is 1.63. The Hall–Kier alpha value is -3.61. The summed E-state index contributed by atoms with van der Waals surface area (Å²) in [5.74, 6) is -0.808. The van der Waals surface area contributed by atoms with Crippen molar-refractivity contribution in [3.8, 4) is 11.3 Å². The second kappa shape index (κ2) is 6.72. The van der Waals surface area contributed by atoms with Gasteiger partial charge in [-0.05, 0) is 36.2 Å². The molecule has 0 atom stereocenters. The van der Waals surface area contributed by atoms with Crippen molar-refractivity contribution in [3.05, 3.63) is 65.6 Å². The Kier molecular flexibility index (Phi) is 4.45. The topological polar surface area (TPSA) is 103 Å². The van der Waals surface area contributed by atoms with Gasteiger partial charge in [-0.25, -0.2) is 4.79 Å². The Morgan fingerprint density at radius 1 is 1.31 bits per heavy atom. The maximum absolute atomic E-state index is 12.2. The monoisotopic (exact) mass is 351 g/mol. The summed E-state index contributed by atoms with van der Waals surface area (Å²) in [4.78, 5) is 35.9. The van der Waals surface area contributed by atoms with E-state index in [0.717, 1.165) is 10.5 Å². The molecule has 0 unspecified atom stereocenters. The zero-order valence-electron chi connectivity index (χ0n) is 13.9. The standard InChI is InChI=1S/C19H16N2O5/c1-3-8-21-17(22)15(20-19(21)25)10-13-5-7-16(26-13)14-6-4-12(18(23)24)9-11(14)2/h3-7,9-10H,1,8H2,2H3,(H,20,25)(H,23,24)/p-1/b15-10+. The van der Waals surface area contributed by atoms with Gasteiger partial charge in [0.1, 0.15) is 17.2 Å². The van der Waals surface area contributed by atoms with Crippen molar-refractivity contribution in [1.82, 2.24) is 10.2 Å². The molecule has 3 amide bonds. The molecule has 0 bridgehead atoms.